The first-order chi connectivity index (χ1) is 10.1. The van der Waals surface area contributed by atoms with E-state index >= 15 is 0 Å². The second kappa shape index (κ2) is 7.88. The second-order valence-corrected chi connectivity index (χ2v) is 6.25. The van der Waals surface area contributed by atoms with E-state index < -0.39 is 0 Å². The first-order valence-electron chi connectivity index (χ1n) is 7.20. The van der Waals surface area contributed by atoms with Crippen molar-refractivity contribution < 1.29 is 4.74 Å². The summed E-state index contributed by atoms with van der Waals surface area (Å²) in [5, 5.41) is 1.32. The van der Waals surface area contributed by atoms with Crippen molar-refractivity contribution in [3.63, 3.8) is 0 Å². The molecule has 0 unspecified atom stereocenters. The molecule has 2 rings (SSSR count). The average Bonchev–Trinajstić information content (AvgIpc) is 2.44. The fourth-order valence-electron chi connectivity index (χ4n) is 2.32. The lowest BCUT2D eigenvalue weighted by Gasteiger charge is -2.19. The molecule has 0 saturated carbocycles. The Morgan fingerprint density at radius 1 is 1.24 bits per heavy atom. The lowest BCUT2D eigenvalue weighted by Crippen LogP contribution is -2.15. The fourth-order valence-corrected chi connectivity index (χ4v) is 2.83. The summed E-state index contributed by atoms with van der Waals surface area (Å²) in [7, 11) is 4.14. The maximum absolute atomic E-state index is 6.32. The van der Waals surface area contributed by atoms with Gasteiger partial charge in [0.25, 0.3) is 0 Å². The van der Waals surface area contributed by atoms with E-state index in [4.69, 9.17) is 27.9 Å². The first-order valence-corrected chi connectivity index (χ1v) is 7.96. The molecule has 0 bridgehead atoms. The van der Waals surface area contributed by atoms with E-state index in [0.29, 0.717) is 10.0 Å². The molecule has 4 heteroatoms. The summed E-state index contributed by atoms with van der Waals surface area (Å²) >= 11 is 12.3. The standard InChI is InChI=1S/C17H21Cl2NO/c1-20(2)10-5-11-21-17-7-4-3-6-15(17)14-9-8-13(18)12-16(14)19/h3,6,8-9,12H,4-5,7,10-11H2,1-2H3. The van der Waals surface area contributed by atoms with Crippen LogP contribution in [0, 0.1) is 0 Å². The Labute approximate surface area is 137 Å². The summed E-state index contributed by atoms with van der Waals surface area (Å²) in [5.74, 6) is 1.03. The van der Waals surface area contributed by atoms with Crippen LogP contribution >= 0.6 is 23.2 Å². The van der Waals surface area contributed by atoms with Crippen LogP contribution < -0.4 is 0 Å². The highest BCUT2D eigenvalue weighted by atomic mass is 35.5. The molecule has 0 saturated heterocycles. The Morgan fingerprint density at radius 3 is 2.76 bits per heavy atom. The molecule has 0 spiro atoms. The number of allylic oxidation sites excluding steroid dienone is 4. The van der Waals surface area contributed by atoms with Crippen molar-refractivity contribution in [2.75, 3.05) is 27.2 Å². The Kier molecular flexibility index (Phi) is 6.16. The van der Waals surface area contributed by atoms with Crippen LogP contribution in [0.1, 0.15) is 24.8 Å². The largest absolute Gasteiger partial charge is 0.497 e. The van der Waals surface area contributed by atoms with Crippen molar-refractivity contribution in [3.8, 4) is 0 Å². The van der Waals surface area contributed by atoms with Crippen LogP contribution in [0.15, 0.2) is 36.1 Å². The molecule has 0 N–H and O–H groups in total. The van der Waals surface area contributed by atoms with E-state index in [1.165, 1.54) is 0 Å². The minimum atomic E-state index is 0.651. The number of rotatable bonds is 6. The van der Waals surface area contributed by atoms with E-state index in [1.54, 1.807) is 6.07 Å². The van der Waals surface area contributed by atoms with Crippen molar-refractivity contribution in [2.45, 2.75) is 19.3 Å². The highest BCUT2D eigenvalue weighted by Crippen LogP contribution is 2.33. The first kappa shape index (κ1) is 16.4. The van der Waals surface area contributed by atoms with E-state index in [0.717, 1.165) is 49.3 Å². The van der Waals surface area contributed by atoms with Crippen LogP contribution in [0.3, 0.4) is 0 Å². The zero-order chi connectivity index (χ0) is 15.2. The molecular formula is C17H21Cl2NO. The van der Waals surface area contributed by atoms with Gasteiger partial charge in [0.15, 0.2) is 0 Å². The molecule has 0 atom stereocenters. The van der Waals surface area contributed by atoms with Gasteiger partial charge in [0.05, 0.1) is 6.61 Å². The number of nitrogens with zero attached hydrogens (tertiary/aromatic N) is 1. The zero-order valence-electron chi connectivity index (χ0n) is 12.5. The van der Waals surface area contributed by atoms with Crippen LogP contribution in [-0.4, -0.2) is 32.1 Å². The number of benzene rings is 1. The second-order valence-electron chi connectivity index (χ2n) is 5.41. The minimum Gasteiger partial charge on any atom is -0.497 e. The molecule has 2 nitrogen and oxygen atoms in total. The van der Waals surface area contributed by atoms with Gasteiger partial charge in [0.1, 0.15) is 5.76 Å². The number of halogens is 2. The summed E-state index contributed by atoms with van der Waals surface area (Å²) in [6.07, 6.45) is 7.21. The molecule has 1 aliphatic carbocycles. The number of ether oxygens (including phenoxy) is 1. The Morgan fingerprint density at radius 2 is 2.05 bits per heavy atom. The van der Waals surface area contributed by atoms with Crippen LogP contribution in [0.4, 0.5) is 0 Å². The summed E-state index contributed by atoms with van der Waals surface area (Å²) in [5.41, 5.74) is 2.06. The van der Waals surface area contributed by atoms with Crippen LogP contribution in [-0.2, 0) is 4.74 Å². The zero-order valence-corrected chi connectivity index (χ0v) is 14.0. The molecular weight excluding hydrogens is 305 g/mol. The average molecular weight is 326 g/mol. The quantitative estimate of drug-likeness (QED) is 0.680. The molecule has 1 aromatic rings. The van der Waals surface area contributed by atoms with Gasteiger partial charge in [-0.3, -0.25) is 0 Å². The Hall–Kier alpha value is -0.960. The molecule has 0 amide bonds. The summed E-state index contributed by atoms with van der Waals surface area (Å²) < 4.78 is 6.00. The molecule has 0 aromatic heterocycles. The Balaban J connectivity index is 2.14. The predicted octanol–water partition coefficient (Wildman–Crippen LogP) is 5.02. The van der Waals surface area contributed by atoms with Crippen molar-refractivity contribution in [2.24, 2.45) is 0 Å². The van der Waals surface area contributed by atoms with E-state index in [1.807, 2.05) is 12.1 Å². The molecule has 114 valence electrons. The predicted molar refractivity (Wildman–Crippen MR) is 90.9 cm³/mol. The topological polar surface area (TPSA) is 12.5 Å². The van der Waals surface area contributed by atoms with Gasteiger partial charge in [-0.05, 0) is 39.1 Å². The van der Waals surface area contributed by atoms with E-state index in [-0.39, 0.29) is 0 Å². The third kappa shape index (κ3) is 4.77. The maximum atomic E-state index is 6.32. The van der Waals surface area contributed by atoms with Crippen LogP contribution in [0.25, 0.3) is 5.57 Å². The summed E-state index contributed by atoms with van der Waals surface area (Å²) in [6.45, 7) is 1.76. The monoisotopic (exact) mass is 325 g/mol. The molecule has 1 aromatic carbocycles. The molecule has 0 aliphatic heterocycles. The van der Waals surface area contributed by atoms with Gasteiger partial charge in [-0.2, -0.15) is 0 Å². The minimum absolute atomic E-state index is 0.651. The van der Waals surface area contributed by atoms with Gasteiger partial charge in [0.2, 0.25) is 0 Å². The van der Waals surface area contributed by atoms with Gasteiger partial charge < -0.3 is 9.64 Å². The molecule has 1 aliphatic rings. The van der Waals surface area contributed by atoms with Crippen molar-refractivity contribution in [3.05, 3.63) is 51.7 Å². The Bertz CT molecular complexity index is 550. The number of hydrogen-bond acceptors (Lipinski definition) is 2. The molecule has 21 heavy (non-hydrogen) atoms. The SMILES string of the molecule is CN(C)CCCOC1=C(c2ccc(Cl)cc2Cl)C=CCC1. The van der Waals surface area contributed by atoms with E-state index in [9.17, 15) is 0 Å². The highest BCUT2D eigenvalue weighted by molar-refractivity contribution is 6.35. The van der Waals surface area contributed by atoms with Crippen molar-refractivity contribution in [1.82, 2.24) is 4.90 Å². The van der Waals surface area contributed by atoms with Crippen LogP contribution in [0.2, 0.25) is 10.0 Å². The number of hydrogen-bond donors (Lipinski definition) is 0. The smallest absolute Gasteiger partial charge is 0.104 e. The normalized spacial score (nSPS) is 14.9. The third-order valence-corrected chi connectivity index (χ3v) is 3.92. The van der Waals surface area contributed by atoms with Crippen LogP contribution in [0.5, 0.6) is 0 Å². The lowest BCUT2D eigenvalue weighted by atomic mass is 9.98. The van der Waals surface area contributed by atoms with Gasteiger partial charge in [-0.15, -0.1) is 0 Å². The maximum Gasteiger partial charge on any atom is 0.104 e. The third-order valence-electron chi connectivity index (χ3n) is 3.37. The van der Waals surface area contributed by atoms with Crippen molar-refractivity contribution in [1.29, 1.82) is 0 Å². The van der Waals surface area contributed by atoms with Crippen molar-refractivity contribution >= 4 is 28.8 Å². The van der Waals surface area contributed by atoms with Gasteiger partial charge in [-0.25, -0.2) is 0 Å². The lowest BCUT2D eigenvalue weighted by molar-refractivity contribution is 0.189. The highest BCUT2D eigenvalue weighted by Gasteiger charge is 2.14. The molecule has 0 heterocycles. The van der Waals surface area contributed by atoms with Gasteiger partial charge in [-0.1, -0.05) is 41.4 Å². The van der Waals surface area contributed by atoms with Gasteiger partial charge >= 0.3 is 0 Å². The summed E-state index contributed by atoms with van der Waals surface area (Å²) in [4.78, 5) is 2.16. The van der Waals surface area contributed by atoms with Gasteiger partial charge in [0, 0.05) is 34.1 Å². The molecule has 0 radical (unpaired) electrons. The molecule has 0 fully saturated rings. The fraction of sp³-hybridized carbons (Fsp3) is 0.412. The van der Waals surface area contributed by atoms with E-state index in [2.05, 4.69) is 31.1 Å². The summed E-state index contributed by atoms with van der Waals surface area (Å²) in [6, 6.07) is 5.60.